The summed E-state index contributed by atoms with van der Waals surface area (Å²) >= 11 is 0. The van der Waals surface area contributed by atoms with Gasteiger partial charge < -0.3 is 9.88 Å². The Morgan fingerprint density at radius 1 is 1.12 bits per heavy atom. The van der Waals surface area contributed by atoms with Gasteiger partial charge in [-0.05, 0) is 55.1 Å². The molecule has 1 N–H and O–H groups in total. The number of anilines is 1. The second-order valence-electron chi connectivity index (χ2n) is 5.83. The standard InChI is InChI=1S/C20H19FN2O2/c1-2-23(17-6-4-3-5-7-17)19(24)11-9-15-12-14-8-10-16(21)13-18(14)22-20(15)25/h3-8,10,12-13H,2,9,11H2,1H3,(H,22,25). The lowest BCUT2D eigenvalue weighted by Gasteiger charge is -2.21. The highest BCUT2D eigenvalue weighted by molar-refractivity contribution is 5.93. The number of hydrogen-bond donors (Lipinski definition) is 1. The van der Waals surface area contributed by atoms with Crippen molar-refractivity contribution in [2.45, 2.75) is 19.8 Å². The number of benzene rings is 2. The van der Waals surface area contributed by atoms with E-state index in [1.54, 1.807) is 17.0 Å². The first-order valence-corrected chi connectivity index (χ1v) is 8.25. The van der Waals surface area contributed by atoms with Crippen molar-refractivity contribution in [1.82, 2.24) is 4.98 Å². The summed E-state index contributed by atoms with van der Waals surface area (Å²) in [5, 5.41) is 0.749. The van der Waals surface area contributed by atoms with Gasteiger partial charge in [-0.3, -0.25) is 9.59 Å². The SMILES string of the molecule is CCN(C(=O)CCc1cc2ccc(F)cc2[nH]c1=O)c1ccccc1. The maximum atomic E-state index is 13.2. The number of H-pyrrole nitrogens is 1. The highest BCUT2D eigenvalue weighted by Crippen LogP contribution is 2.16. The molecule has 0 saturated carbocycles. The zero-order chi connectivity index (χ0) is 17.8. The van der Waals surface area contributed by atoms with Gasteiger partial charge in [-0.15, -0.1) is 0 Å². The van der Waals surface area contributed by atoms with E-state index in [0.717, 1.165) is 11.1 Å². The van der Waals surface area contributed by atoms with Crippen LogP contribution >= 0.6 is 0 Å². The molecule has 0 radical (unpaired) electrons. The number of aromatic amines is 1. The van der Waals surface area contributed by atoms with Crippen LogP contribution in [0.4, 0.5) is 10.1 Å². The van der Waals surface area contributed by atoms with Gasteiger partial charge in [-0.25, -0.2) is 4.39 Å². The van der Waals surface area contributed by atoms with Crippen LogP contribution in [0.15, 0.2) is 59.4 Å². The van der Waals surface area contributed by atoms with Crippen LogP contribution in [0, 0.1) is 5.82 Å². The predicted molar refractivity (Wildman–Crippen MR) is 97.3 cm³/mol. The fourth-order valence-corrected chi connectivity index (χ4v) is 2.89. The lowest BCUT2D eigenvalue weighted by molar-refractivity contribution is -0.118. The van der Waals surface area contributed by atoms with Crippen LogP contribution in [0.2, 0.25) is 0 Å². The maximum Gasteiger partial charge on any atom is 0.251 e. The number of carbonyl (C=O) groups excluding carboxylic acids is 1. The normalized spacial score (nSPS) is 10.8. The number of aromatic nitrogens is 1. The Balaban J connectivity index is 1.77. The first-order valence-electron chi connectivity index (χ1n) is 8.25. The highest BCUT2D eigenvalue weighted by Gasteiger charge is 2.14. The van der Waals surface area contributed by atoms with Crippen LogP contribution in [0.25, 0.3) is 10.9 Å². The molecule has 2 aromatic carbocycles. The van der Waals surface area contributed by atoms with Crippen molar-refractivity contribution in [3.63, 3.8) is 0 Å². The summed E-state index contributed by atoms with van der Waals surface area (Å²) in [7, 11) is 0. The number of fused-ring (bicyclic) bond motifs is 1. The lowest BCUT2D eigenvalue weighted by Crippen LogP contribution is -2.31. The van der Waals surface area contributed by atoms with Gasteiger partial charge in [0.2, 0.25) is 5.91 Å². The number of pyridine rings is 1. The summed E-state index contributed by atoms with van der Waals surface area (Å²) in [6.07, 6.45) is 0.573. The predicted octanol–water partition coefficient (Wildman–Crippen LogP) is 3.65. The molecule has 1 amide bonds. The van der Waals surface area contributed by atoms with Crippen LogP contribution in [0.1, 0.15) is 18.9 Å². The Hall–Kier alpha value is -2.95. The van der Waals surface area contributed by atoms with Crippen LogP contribution in [0.5, 0.6) is 0 Å². The molecule has 0 aliphatic carbocycles. The van der Waals surface area contributed by atoms with Crippen molar-refractivity contribution in [3.05, 3.63) is 76.3 Å². The van der Waals surface area contributed by atoms with Crippen LogP contribution in [-0.4, -0.2) is 17.4 Å². The first kappa shape index (κ1) is 16.9. The second kappa shape index (κ2) is 7.30. The van der Waals surface area contributed by atoms with Crippen molar-refractivity contribution in [2.75, 3.05) is 11.4 Å². The van der Waals surface area contributed by atoms with E-state index < -0.39 is 5.82 Å². The van der Waals surface area contributed by atoms with E-state index in [0.29, 0.717) is 24.0 Å². The molecule has 0 aliphatic heterocycles. The molecule has 5 heteroatoms. The summed E-state index contributed by atoms with van der Waals surface area (Å²) in [6.45, 7) is 2.48. The molecule has 0 spiro atoms. The Bertz CT molecular complexity index is 951. The largest absolute Gasteiger partial charge is 0.322 e. The summed E-state index contributed by atoms with van der Waals surface area (Å²) in [4.78, 5) is 29.1. The van der Waals surface area contributed by atoms with Crippen molar-refractivity contribution < 1.29 is 9.18 Å². The molecule has 0 atom stereocenters. The average Bonchev–Trinajstić information content (AvgIpc) is 2.61. The van der Waals surface area contributed by atoms with Gasteiger partial charge in [0, 0.05) is 24.2 Å². The van der Waals surface area contributed by atoms with E-state index in [1.165, 1.54) is 12.1 Å². The topological polar surface area (TPSA) is 53.2 Å². The molecular formula is C20H19FN2O2. The summed E-state index contributed by atoms with van der Waals surface area (Å²) in [6, 6.07) is 15.4. The van der Waals surface area contributed by atoms with Crippen LogP contribution < -0.4 is 10.5 Å². The fraction of sp³-hybridized carbons (Fsp3) is 0.200. The van der Waals surface area contributed by atoms with Crippen molar-refractivity contribution in [3.8, 4) is 0 Å². The van der Waals surface area contributed by atoms with E-state index in [9.17, 15) is 14.0 Å². The van der Waals surface area contributed by atoms with E-state index in [1.807, 2.05) is 37.3 Å². The Labute approximate surface area is 144 Å². The first-order chi connectivity index (χ1) is 12.1. The van der Waals surface area contributed by atoms with E-state index >= 15 is 0 Å². The minimum absolute atomic E-state index is 0.0349. The Morgan fingerprint density at radius 3 is 2.60 bits per heavy atom. The van der Waals surface area contributed by atoms with Gasteiger partial charge in [-0.1, -0.05) is 18.2 Å². The fourth-order valence-electron chi connectivity index (χ4n) is 2.89. The number of hydrogen-bond acceptors (Lipinski definition) is 2. The molecule has 0 fully saturated rings. The van der Waals surface area contributed by atoms with Gasteiger partial charge in [0.05, 0.1) is 5.52 Å². The van der Waals surface area contributed by atoms with Gasteiger partial charge in [0.15, 0.2) is 0 Å². The van der Waals surface area contributed by atoms with Crippen molar-refractivity contribution >= 4 is 22.5 Å². The van der Waals surface area contributed by atoms with Crippen molar-refractivity contribution in [1.29, 1.82) is 0 Å². The zero-order valence-corrected chi connectivity index (χ0v) is 14.0. The Kier molecular flexibility index (Phi) is 4.93. The molecule has 0 bridgehead atoms. The van der Waals surface area contributed by atoms with Gasteiger partial charge in [0.25, 0.3) is 5.56 Å². The van der Waals surface area contributed by atoms with Crippen LogP contribution in [0.3, 0.4) is 0 Å². The monoisotopic (exact) mass is 338 g/mol. The third-order valence-corrected chi connectivity index (χ3v) is 4.18. The van der Waals surface area contributed by atoms with Gasteiger partial charge in [-0.2, -0.15) is 0 Å². The second-order valence-corrected chi connectivity index (χ2v) is 5.83. The minimum atomic E-state index is -0.396. The summed E-state index contributed by atoms with van der Waals surface area (Å²) in [5.74, 6) is -0.431. The van der Waals surface area contributed by atoms with Gasteiger partial charge in [0.1, 0.15) is 5.82 Å². The molecule has 25 heavy (non-hydrogen) atoms. The molecule has 3 aromatic rings. The molecule has 0 unspecified atom stereocenters. The molecule has 1 heterocycles. The van der Waals surface area contributed by atoms with E-state index in [2.05, 4.69) is 4.98 Å². The number of nitrogens with one attached hydrogen (secondary N) is 1. The molecule has 0 saturated heterocycles. The lowest BCUT2D eigenvalue weighted by atomic mass is 10.1. The molecule has 4 nitrogen and oxygen atoms in total. The number of amides is 1. The minimum Gasteiger partial charge on any atom is -0.322 e. The molecule has 3 rings (SSSR count). The van der Waals surface area contributed by atoms with Gasteiger partial charge >= 0.3 is 0 Å². The Morgan fingerprint density at radius 2 is 1.88 bits per heavy atom. The number of carbonyl (C=O) groups is 1. The number of nitrogens with zero attached hydrogens (tertiary/aromatic N) is 1. The summed E-state index contributed by atoms with van der Waals surface area (Å²) < 4.78 is 13.2. The van der Waals surface area contributed by atoms with E-state index in [4.69, 9.17) is 0 Å². The quantitative estimate of drug-likeness (QED) is 0.772. The number of aryl methyl sites for hydroxylation is 1. The molecule has 0 aliphatic rings. The summed E-state index contributed by atoms with van der Waals surface area (Å²) in [5.41, 5.74) is 1.54. The molecule has 128 valence electrons. The van der Waals surface area contributed by atoms with E-state index in [-0.39, 0.29) is 17.9 Å². The zero-order valence-electron chi connectivity index (χ0n) is 14.0. The number of rotatable bonds is 5. The molecule has 1 aromatic heterocycles. The highest BCUT2D eigenvalue weighted by atomic mass is 19.1. The third-order valence-electron chi connectivity index (χ3n) is 4.18. The maximum absolute atomic E-state index is 13.2. The number of halogens is 1. The van der Waals surface area contributed by atoms with Crippen LogP contribution in [-0.2, 0) is 11.2 Å². The number of para-hydroxylation sites is 1. The average molecular weight is 338 g/mol. The third kappa shape index (κ3) is 3.76. The van der Waals surface area contributed by atoms with Crippen molar-refractivity contribution in [2.24, 2.45) is 0 Å². The smallest absolute Gasteiger partial charge is 0.251 e. The molecular weight excluding hydrogens is 319 g/mol.